The molecule has 5 nitrogen and oxygen atoms in total. The van der Waals surface area contributed by atoms with E-state index < -0.39 is 24.5 Å². The predicted octanol–water partition coefficient (Wildman–Crippen LogP) is 2.83. The molecule has 0 spiro atoms. The minimum atomic E-state index is -4.92. The maximum Gasteiger partial charge on any atom is 0.573 e. The second kappa shape index (κ2) is 7.35. The molecule has 0 unspecified atom stereocenters. The van der Waals surface area contributed by atoms with Gasteiger partial charge in [-0.3, -0.25) is 4.79 Å². The molecule has 21 heavy (non-hydrogen) atoms. The van der Waals surface area contributed by atoms with Crippen LogP contribution < -0.4 is 9.47 Å². The molecule has 118 valence electrons. The Labute approximate surface area is 124 Å². The summed E-state index contributed by atoms with van der Waals surface area (Å²) in [6, 6.07) is 0.993. The van der Waals surface area contributed by atoms with Crippen molar-refractivity contribution in [1.82, 2.24) is 4.98 Å². The van der Waals surface area contributed by atoms with Crippen molar-refractivity contribution in [3.8, 4) is 11.5 Å². The first-order chi connectivity index (χ1) is 9.80. The summed E-state index contributed by atoms with van der Waals surface area (Å²) >= 11 is 5.64. The number of esters is 1. The number of alkyl halides is 4. The highest BCUT2D eigenvalue weighted by Crippen LogP contribution is 2.32. The van der Waals surface area contributed by atoms with Crippen molar-refractivity contribution >= 4 is 17.6 Å². The SMILES string of the molecule is CCOC(=O)Cc1nc(CCl)c(OC)cc1OC(F)(F)F. The fourth-order valence-corrected chi connectivity index (χ4v) is 1.71. The molecule has 1 heterocycles. The van der Waals surface area contributed by atoms with E-state index in [0.717, 1.165) is 6.07 Å². The summed E-state index contributed by atoms with van der Waals surface area (Å²) < 4.78 is 50.6. The Morgan fingerprint density at radius 2 is 2.00 bits per heavy atom. The molecule has 1 rings (SSSR count). The van der Waals surface area contributed by atoms with Gasteiger partial charge in [-0.1, -0.05) is 0 Å². The lowest BCUT2D eigenvalue weighted by atomic mass is 10.2. The van der Waals surface area contributed by atoms with Gasteiger partial charge in [0.15, 0.2) is 5.75 Å². The molecule has 0 saturated heterocycles. The van der Waals surface area contributed by atoms with Crippen LogP contribution in [0.5, 0.6) is 11.5 Å². The number of methoxy groups -OCH3 is 1. The van der Waals surface area contributed by atoms with Gasteiger partial charge in [0.2, 0.25) is 0 Å². The van der Waals surface area contributed by atoms with Gasteiger partial charge in [-0.25, -0.2) is 4.98 Å². The van der Waals surface area contributed by atoms with Gasteiger partial charge >= 0.3 is 12.3 Å². The number of rotatable bonds is 6. The van der Waals surface area contributed by atoms with Crippen LogP contribution in [0.25, 0.3) is 0 Å². The second-order valence-electron chi connectivity index (χ2n) is 3.75. The Kier molecular flexibility index (Phi) is 6.07. The van der Waals surface area contributed by atoms with Gasteiger partial charge in [0.25, 0.3) is 0 Å². The van der Waals surface area contributed by atoms with Gasteiger partial charge in [-0.2, -0.15) is 0 Å². The highest BCUT2D eigenvalue weighted by atomic mass is 35.5. The summed E-state index contributed by atoms with van der Waals surface area (Å²) in [5.74, 6) is -1.40. The van der Waals surface area contributed by atoms with Crippen molar-refractivity contribution < 1.29 is 32.2 Å². The van der Waals surface area contributed by atoms with Crippen molar-refractivity contribution in [1.29, 1.82) is 0 Å². The van der Waals surface area contributed by atoms with Gasteiger partial charge in [-0.15, -0.1) is 24.8 Å². The van der Waals surface area contributed by atoms with E-state index in [0.29, 0.717) is 0 Å². The first kappa shape index (κ1) is 17.4. The van der Waals surface area contributed by atoms with E-state index in [4.69, 9.17) is 16.3 Å². The zero-order valence-electron chi connectivity index (χ0n) is 11.3. The molecule has 1 aromatic rings. The number of nitrogens with zero attached hydrogens (tertiary/aromatic N) is 1. The second-order valence-corrected chi connectivity index (χ2v) is 4.01. The van der Waals surface area contributed by atoms with Gasteiger partial charge < -0.3 is 14.2 Å². The van der Waals surface area contributed by atoms with Crippen LogP contribution in [0.1, 0.15) is 18.3 Å². The van der Waals surface area contributed by atoms with Crippen LogP contribution in [0, 0.1) is 0 Å². The molecule has 9 heteroatoms. The average Bonchev–Trinajstić information content (AvgIpc) is 2.38. The molecule has 0 amide bonds. The predicted molar refractivity (Wildman–Crippen MR) is 67.4 cm³/mol. The fraction of sp³-hybridized carbons (Fsp3) is 0.500. The van der Waals surface area contributed by atoms with Crippen molar-refractivity contribution in [2.24, 2.45) is 0 Å². The smallest absolute Gasteiger partial charge is 0.495 e. The molecule has 0 N–H and O–H groups in total. The Balaban J connectivity index is 3.19. The number of aromatic nitrogens is 1. The Bertz CT molecular complexity index is 508. The molecule has 0 aliphatic heterocycles. The number of pyridine rings is 1. The highest BCUT2D eigenvalue weighted by Gasteiger charge is 2.33. The van der Waals surface area contributed by atoms with Crippen LogP contribution in [0.2, 0.25) is 0 Å². The molecule has 0 aliphatic rings. The molecule has 0 aliphatic carbocycles. The largest absolute Gasteiger partial charge is 0.573 e. The van der Waals surface area contributed by atoms with Crippen molar-refractivity contribution in [3.05, 3.63) is 17.5 Å². The molecule has 0 aromatic carbocycles. The molecule has 0 fully saturated rings. The normalized spacial score (nSPS) is 11.1. The third kappa shape index (κ3) is 5.30. The van der Waals surface area contributed by atoms with E-state index in [1.54, 1.807) is 6.92 Å². The van der Waals surface area contributed by atoms with E-state index >= 15 is 0 Å². The van der Waals surface area contributed by atoms with E-state index in [9.17, 15) is 18.0 Å². The zero-order valence-corrected chi connectivity index (χ0v) is 12.0. The monoisotopic (exact) mass is 327 g/mol. The topological polar surface area (TPSA) is 57.7 Å². The Morgan fingerprint density at radius 1 is 1.33 bits per heavy atom. The number of halogens is 4. The fourth-order valence-electron chi connectivity index (χ4n) is 1.52. The zero-order chi connectivity index (χ0) is 16.0. The van der Waals surface area contributed by atoms with Crippen LogP contribution in [0.4, 0.5) is 13.2 Å². The minimum Gasteiger partial charge on any atom is -0.495 e. The average molecular weight is 328 g/mol. The lowest BCUT2D eigenvalue weighted by Crippen LogP contribution is -2.20. The van der Waals surface area contributed by atoms with E-state index in [-0.39, 0.29) is 29.6 Å². The number of ether oxygens (including phenoxy) is 3. The van der Waals surface area contributed by atoms with Crippen LogP contribution in [-0.2, 0) is 21.8 Å². The van der Waals surface area contributed by atoms with Crippen molar-refractivity contribution in [2.45, 2.75) is 25.6 Å². The van der Waals surface area contributed by atoms with Crippen LogP contribution >= 0.6 is 11.6 Å². The quantitative estimate of drug-likeness (QED) is 0.594. The third-order valence-corrected chi connectivity index (χ3v) is 2.54. The summed E-state index contributed by atoms with van der Waals surface area (Å²) in [7, 11) is 1.26. The first-order valence-electron chi connectivity index (χ1n) is 5.84. The van der Waals surface area contributed by atoms with Crippen LogP contribution in [-0.4, -0.2) is 31.0 Å². The lowest BCUT2D eigenvalue weighted by Gasteiger charge is -2.15. The van der Waals surface area contributed by atoms with Gasteiger partial charge in [-0.05, 0) is 6.92 Å². The summed E-state index contributed by atoms with van der Waals surface area (Å²) in [5, 5.41) is 0. The number of hydrogen-bond acceptors (Lipinski definition) is 5. The van der Waals surface area contributed by atoms with E-state index in [1.807, 2.05) is 0 Å². The molecular weight excluding hydrogens is 315 g/mol. The number of hydrogen-bond donors (Lipinski definition) is 0. The summed E-state index contributed by atoms with van der Waals surface area (Å²) in [5.41, 5.74) is -0.0183. The molecule has 0 bridgehead atoms. The summed E-state index contributed by atoms with van der Waals surface area (Å²) in [6.07, 6.45) is -5.38. The molecule has 1 aromatic heterocycles. The standard InChI is InChI=1S/C12H13ClF3NO4/c1-3-20-11(18)4-7-10(21-12(14,15)16)5-9(19-2)8(6-13)17-7/h5H,3-4,6H2,1-2H3. The Hall–Kier alpha value is -1.70. The summed E-state index contributed by atoms with van der Waals surface area (Å²) in [6.45, 7) is 1.68. The highest BCUT2D eigenvalue weighted by molar-refractivity contribution is 6.17. The van der Waals surface area contributed by atoms with Crippen LogP contribution in [0.15, 0.2) is 6.07 Å². The van der Waals surface area contributed by atoms with E-state index in [2.05, 4.69) is 14.5 Å². The van der Waals surface area contributed by atoms with Crippen molar-refractivity contribution in [2.75, 3.05) is 13.7 Å². The molecular formula is C12H13ClF3NO4. The maximum absolute atomic E-state index is 12.4. The molecule has 0 saturated carbocycles. The number of carbonyl (C=O) groups excluding carboxylic acids is 1. The molecule has 0 radical (unpaired) electrons. The van der Waals surface area contributed by atoms with Crippen molar-refractivity contribution in [3.63, 3.8) is 0 Å². The van der Waals surface area contributed by atoms with E-state index in [1.165, 1.54) is 7.11 Å². The minimum absolute atomic E-state index is 0.0388. The van der Waals surface area contributed by atoms with Gasteiger partial charge in [0.1, 0.15) is 5.75 Å². The van der Waals surface area contributed by atoms with Gasteiger partial charge in [0.05, 0.1) is 37.4 Å². The number of carbonyl (C=O) groups is 1. The maximum atomic E-state index is 12.4. The first-order valence-corrected chi connectivity index (χ1v) is 6.38. The van der Waals surface area contributed by atoms with Crippen LogP contribution in [0.3, 0.4) is 0 Å². The van der Waals surface area contributed by atoms with Gasteiger partial charge in [0, 0.05) is 6.07 Å². The Morgan fingerprint density at radius 3 is 2.48 bits per heavy atom. The third-order valence-electron chi connectivity index (χ3n) is 2.29. The summed E-state index contributed by atoms with van der Waals surface area (Å²) in [4.78, 5) is 15.3. The lowest BCUT2D eigenvalue weighted by molar-refractivity contribution is -0.275. The molecule has 0 atom stereocenters.